The molecule has 3 N–H and O–H groups in total. The number of aldehydes is 1. The van der Waals surface area contributed by atoms with Crippen molar-refractivity contribution in [2.75, 3.05) is 27.2 Å². The van der Waals surface area contributed by atoms with E-state index in [2.05, 4.69) is 16.0 Å². The molecule has 0 bridgehead atoms. The number of hydrogen-bond acceptors (Lipinski definition) is 6. The van der Waals surface area contributed by atoms with E-state index in [0.717, 1.165) is 24.8 Å². The minimum absolute atomic E-state index is 0.150. The van der Waals surface area contributed by atoms with Crippen LogP contribution >= 0.6 is 0 Å². The Morgan fingerprint density at radius 3 is 2.19 bits per heavy atom. The van der Waals surface area contributed by atoms with Gasteiger partial charge in [-0.15, -0.1) is 0 Å². The van der Waals surface area contributed by atoms with Crippen molar-refractivity contribution >= 4 is 29.9 Å². The van der Waals surface area contributed by atoms with E-state index in [-0.39, 0.29) is 18.7 Å². The maximum atomic E-state index is 13.4. The maximum Gasteiger partial charge on any atom is 0.246 e. The van der Waals surface area contributed by atoms with Crippen molar-refractivity contribution in [1.29, 1.82) is 0 Å². The monoisotopic (exact) mass is 501 g/mol. The third-order valence-electron chi connectivity index (χ3n) is 6.56. The van der Waals surface area contributed by atoms with Crippen LogP contribution in [0.1, 0.15) is 45.1 Å². The van der Waals surface area contributed by atoms with E-state index in [1.165, 1.54) is 11.9 Å². The molecule has 10 nitrogen and oxygen atoms in total. The number of carbonyl (C=O) groups excluding carboxylic acids is 5. The molecule has 4 amide bonds. The van der Waals surface area contributed by atoms with E-state index in [9.17, 15) is 24.0 Å². The molecule has 198 valence electrons. The van der Waals surface area contributed by atoms with Gasteiger partial charge in [-0.05, 0) is 45.7 Å². The molecule has 36 heavy (non-hydrogen) atoms. The Morgan fingerprint density at radius 1 is 0.972 bits per heavy atom. The lowest BCUT2D eigenvalue weighted by atomic mass is 10.0. The van der Waals surface area contributed by atoms with Gasteiger partial charge in [0.2, 0.25) is 23.6 Å². The summed E-state index contributed by atoms with van der Waals surface area (Å²) in [6.45, 7) is 4.62. The summed E-state index contributed by atoms with van der Waals surface area (Å²) >= 11 is 0. The molecule has 0 aliphatic carbocycles. The fraction of sp³-hybridized carbons (Fsp3) is 0.577. The summed E-state index contributed by atoms with van der Waals surface area (Å²) in [7, 11) is 3.08. The molecule has 1 aliphatic rings. The molecule has 0 aromatic heterocycles. The maximum absolute atomic E-state index is 13.4. The fourth-order valence-electron chi connectivity index (χ4n) is 4.15. The Morgan fingerprint density at radius 2 is 1.61 bits per heavy atom. The van der Waals surface area contributed by atoms with Gasteiger partial charge >= 0.3 is 0 Å². The van der Waals surface area contributed by atoms with Crippen LogP contribution in [-0.4, -0.2) is 91.1 Å². The fourth-order valence-corrected chi connectivity index (χ4v) is 4.15. The van der Waals surface area contributed by atoms with E-state index in [4.69, 9.17) is 0 Å². The second kappa shape index (κ2) is 14.3. The van der Waals surface area contributed by atoms with Gasteiger partial charge in [0.1, 0.15) is 24.4 Å². The van der Waals surface area contributed by atoms with Gasteiger partial charge in [0.05, 0.1) is 6.04 Å². The third-order valence-corrected chi connectivity index (χ3v) is 6.56. The first-order chi connectivity index (χ1) is 17.2. The number of amides is 4. The zero-order valence-corrected chi connectivity index (χ0v) is 21.7. The highest BCUT2D eigenvalue weighted by atomic mass is 16.2. The summed E-state index contributed by atoms with van der Waals surface area (Å²) in [6.07, 6.45) is 3.50. The van der Waals surface area contributed by atoms with E-state index < -0.39 is 41.9 Å². The number of carbonyl (C=O) groups is 5. The summed E-state index contributed by atoms with van der Waals surface area (Å²) in [5.74, 6) is -1.63. The molecule has 1 heterocycles. The summed E-state index contributed by atoms with van der Waals surface area (Å²) in [5, 5.41) is 8.16. The second-order valence-electron chi connectivity index (χ2n) is 9.24. The van der Waals surface area contributed by atoms with Gasteiger partial charge in [-0.3, -0.25) is 19.2 Å². The largest absolute Gasteiger partial charge is 0.343 e. The van der Waals surface area contributed by atoms with Crippen molar-refractivity contribution in [1.82, 2.24) is 25.8 Å². The molecule has 1 aromatic carbocycles. The lowest BCUT2D eigenvalue weighted by Crippen LogP contribution is -2.58. The average molecular weight is 502 g/mol. The van der Waals surface area contributed by atoms with Crippen molar-refractivity contribution in [3.8, 4) is 0 Å². The Kier molecular flexibility index (Phi) is 11.5. The Labute approximate surface area is 213 Å². The Hall–Kier alpha value is -3.27. The van der Waals surface area contributed by atoms with Crippen LogP contribution in [0.4, 0.5) is 0 Å². The number of rotatable bonds is 12. The molecule has 0 saturated carbocycles. The zero-order valence-electron chi connectivity index (χ0n) is 21.7. The number of likely N-dealkylation sites (N-methyl/N-ethyl adjacent to an activating group) is 2. The molecule has 4 atom stereocenters. The van der Waals surface area contributed by atoms with Crippen molar-refractivity contribution in [3.63, 3.8) is 0 Å². The molecule has 1 aromatic rings. The number of likely N-dealkylation sites (tertiary alicyclic amines) is 1. The Bertz CT molecular complexity index is 903. The molecule has 0 unspecified atom stereocenters. The lowest BCUT2D eigenvalue weighted by molar-refractivity contribution is -0.144. The smallest absolute Gasteiger partial charge is 0.246 e. The second-order valence-corrected chi connectivity index (χ2v) is 9.24. The number of benzene rings is 1. The molecule has 10 heteroatoms. The minimum Gasteiger partial charge on any atom is -0.343 e. The van der Waals surface area contributed by atoms with Crippen molar-refractivity contribution in [3.05, 3.63) is 35.9 Å². The van der Waals surface area contributed by atoms with Gasteiger partial charge in [-0.1, -0.05) is 30.3 Å². The molecule has 1 aliphatic heterocycles. The SMILES string of the molecule is CN[C@@H](C)C(=O)N[C@@H](CC=O)C(=O)N(C)[C@@H](Cc1ccccc1)C(=O)N[C@@H](C)C(=O)N1CCCCC1. The quantitative estimate of drug-likeness (QED) is 0.353. The number of hydrogen-bond donors (Lipinski definition) is 3. The summed E-state index contributed by atoms with van der Waals surface area (Å²) in [4.78, 5) is 66.3. The van der Waals surface area contributed by atoms with Gasteiger partial charge < -0.3 is 30.5 Å². The van der Waals surface area contributed by atoms with Gasteiger partial charge in [0.25, 0.3) is 0 Å². The highest BCUT2D eigenvalue weighted by Gasteiger charge is 2.34. The number of piperidine rings is 1. The van der Waals surface area contributed by atoms with Gasteiger partial charge in [0.15, 0.2) is 0 Å². The summed E-state index contributed by atoms with van der Waals surface area (Å²) in [5.41, 5.74) is 0.826. The third kappa shape index (κ3) is 8.15. The van der Waals surface area contributed by atoms with Crippen molar-refractivity contribution < 1.29 is 24.0 Å². The van der Waals surface area contributed by atoms with Crippen LogP contribution in [0, 0.1) is 0 Å². The summed E-state index contributed by atoms with van der Waals surface area (Å²) < 4.78 is 0. The lowest BCUT2D eigenvalue weighted by Gasteiger charge is -2.33. The standard InChI is InChI=1S/C26H39N5O5/c1-18(27-3)23(33)29-21(13-16-32)26(36)30(4)22(17-20-11-7-5-8-12-20)24(34)28-19(2)25(35)31-14-9-6-10-15-31/h5,7-8,11-12,16,18-19,21-22,27H,6,9-10,13-15,17H2,1-4H3,(H,28,34)(H,29,33)/t18-,19-,21-,22-/m0/s1. The van der Waals surface area contributed by atoms with Gasteiger partial charge in [-0.25, -0.2) is 0 Å². The van der Waals surface area contributed by atoms with Crippen LogP contribution in [0.25, 0.3) is 0 Å². The topological polar surface area (TPSA) is 128 Å². The molecule has 1 saturated heterocycles. The molecular formula is C26H39N5O5. The predicted molar refractivity (Wildman–Crippen MR) is 136 cm³/mol. The van der Waals surface area contributed by atoms with Crippen LogP contribution in [0.2, 0.25) is 0 Å². The normalized spacial score (nSPS) is 16.7. The highest BCUT2D eigenvalue weighted by molar-refractivity contribution is 5.95. The first-order valence-corrected chi connectivity index (χ1v) is 12.5. The van der Waals surface area contributed by atoms with E-state index in [1.807, 2.05) is 30.3 Å². The number of nitrogens with one attached hydrogen (secondary N) is 3. The van der Waals surface area contributed by atoms with Gasteiger partial charge in [0, 0.05) is 33.0 Å². The first-order valence-electron chi connectivity index (χ1n) is 12.5. The average Bonchev–Trinajstić information content (AvgIpc) is 2.90. The van der Waals surface area contributed by atoms with Crippen molar-refractivity contribution in [2.24, 2.45) is 0 Å². The van der Waals surface area contributed by atoms with E-state index in [0.29, 0.717) is 19.4 Å². The van der Waals surface area contributed by atoms with Crippen LogP contribution < -0.4 is 16.0 Å². The first kappa shape index (κ1) is 29.0. The predicted octanol–water partition coefficient (Wildman–Crippen LogP) is 0.255. The van der Waals surface area contributed by atoms with E-state index >= 15 is 0 Å². The summed E-state index contributed by atoms with van der Waals surface area (Å²) in [6, 6.07) is 5.83. The van der Waals surface area contributed by atoms with Crippen LogP contribution in [0.3, 0.4) is 0 Å². The van der Waals surface area contributed by atoms with Crippen LogP contribution in [0.5, 0.6) is 0 Å². The number of nitrogens with zero attached hydrogens (tertiary/aromatic N) is 2. The van der Waals surface area contributed by atoms with Crippen molar-refractivity contribution in [2.45, 2.75) is 70.1 Å². The minimum atomic E-state index is -1.12. The van der Waals surface area contributed by atoms with E-state index in [1.54, 1.807) is 25.8 Å². The van der Waals surface area contributed by atoms with Gasteiger partial charge in [-0.2, -0.15) is 0 Å². The van der Waals surface area contributed by atoms with Crippen LogP contribution in [0.15, 0.2) is 30.3 Å². The highest BCUT2D eigenvalue weighted by Crippen LogP contribution is 2.13. The molecule has 0 radical (unpaired) electrons. The Balaban J connectivity index is 2.22. The molecule has 2 rings (SSSR count). The van der Waals surface area contributed by atoms with Crippen LogP contribution in [-0.2, 0) is 30.4 Å². The molecule has 0 spiro atoms. The molecule has 1 fully saturated rings. The molecular weight excluding hydrogens is 462 g/mol. The zero-order chi connectivity index (χ0) is 26.7.